The Morgan fingerprint density at radius 2 is 2.25 bits per heavy atom. The van der Waals surface area contributed by atoms with Crippen molar-refractivity contribution in [1.29, 1.82) is 0 Å². The second kappa shape index (κ2) is 6.29. The molecular formula is C12H15N5O2S. The molecule has 0 aliphatic rings. The number of carbonyl (C=O) groups is 1. The predicted molar refractivity (Wildman–Crippen MR) is 77.1 cm³/mol. The first-order valence-electron chi connectivity index (χ1n) is 5.87. The number of para-hydroxylation sites is 2. The fraction of sp³-hybridized carbons (Fsp3) is 0.250. The maximum atomic E-state index is 12.1. The van der Waals surface area contributed by atoms with E-state index in [1.165, 1.54) is 22.8 Å². The Balaban J connectivity index is 2.02. The summed E-state index contributed by atoms with van der Waals surface area (Å²) in [6, 6.07) is 7.22. The van der Waals surface area contributed by atoms with E-state index in [4.69, 9.17) is 10.6 Å². The van der Waals surface area contributed by atoms with Crippen LogP contribution in [0.5, 0.6) is 5.75 Å². The maximum Gasteiger partial charge on any atom is 0.237 e. The third-order valence-corrected chi connectivity index (χ3v) is 3.63. The van der Waals surface area contributed by atoms with E-state index in [9.17, 15) is 4.79 Å². The van der Waals surface area contributed by atoms with Crippen LogP contribution >= 0.6 is 11.8 Å². The SMILES string of the molecule is COc1ccccc1NC(=O)C(C)Sc1nncn1N. The number of benzene rings is 1. The number of nitrogens with zero attached hydrogens (tertiary/aromatic N) is 3. The number of thioether (sulfide) groups is 1. The van der Waals surface area contributed by atoms with Crippen LogP contribution in [0.3, 0.4) is 0 Å². The molecule has 2 rings (SSSR count). The number of anilines is 1. The third-order valence-electron chi connectivity index (χ3n) is 2.56. The van der Waals surface area contributed by atoms with Crippen molar-refractivity contribution in [3.05, 3.63) is 30.6 Å². The molecule has 1 heterocycles. The average molecular weight is 293 g/mol. The lowest BCUT2D eigenvalue weighted by Gasteiger charge is -2.13. The number of amides is 1. The summed E-state index contributed by atoms with van der Waals surface area (Å²) in [5.74, 6) is 6.05. The summed E-state index contributed by atoms with van der Waals surface area (Å²) in [5, 5.41) is 10.4. The van der Waals surface area contributed by atoms with Crippen molar-refractivity contribution >= 4 is 23.4 Å². The van der Waals surface area contributed by atoms with Gasteiger partial charge in [-0.2, -0.15) is 0 Å². The molecule has 0 spiro atoms. The number of nitrogens with two attached hydrogens (primary N) is 1. The number of ether oxygens (including phenoxy) is 1. The van der Waals surface area contributed by atoms with Gasteiger partial charge in [-0.15, -0.1) is 10.2 Å². The molecule has 0 aliphatic heterocycles. The van der Waals surface area contributed by atoms with E-state index >= 15 is 0 Å². The summed E-state index contributed by atoms with van der Waals surface area (Å²) < 4.78 is 6.46. The smallest absolute Gasteiger partial charge is 0.237 e. The van der Waals surface area contributed by atoms with Gasteiger partial charge in [-0.3, -0.25) is 4.79 Å². The number of carbonyl (C=O) groups excluding carboxylic acids is 1. The van der Waals surface area contributed by atoms with Crippen LogP contribution in [0.1, 0.15) is 6.92 Å². The van der Waals surface area contributed by atoms with E-state index in [1.54, 1.807) is 26.2 Å². The summed E-state index contributed by atoms with van der Waals surface area (Å²) in [5.41, 5.74) is 0.627. The molecule has 1 unspecified atom stereocenters. The Hall–Kier alpha value is -2.22. The summed E-state index contributed by atoms with van der Waals surface area (Å²) >= 11 is 1.23. The first-order valence-corrected chi connectivity index (χ1v) is 6.75. The van der Waals surface area contributed by atoms with E-state index in [-0.39, 0.29) is 11.2 Å². The van der Waals surface area contributed by atoms with Gasteiger partial charge in [0.15, 0.2) is 0 Å². The largest absolute Gasteiger partial charge is 0.495 e. The Morgan fingerprint density at radius 1 is 1.50 bits per heavy atom. The summed E-state index contributed by atoms with van der Waals surface area (Å²) in [7, 11) is 1.56. The van der Waals surface area contributed by atoms with Crippen molar-refractivity contribution in [2.45, 2.75) is 17.3 Å². The average Bonchev–Trinajstić information content (AvgIpc) is 2.84. The van der Waals surface area contributed by atoms with Crippen LogP contribution in [0.25, 0.3) is 0 Å². The predicted octanol–water partition coefficient (Wildman–Crippen LogP) is 1.12. The van der Waals surface area contributed by atoms with Crippen molar-refractivity contribution in [2.24, 2.45) is 0 Å². The molecule has 0 bridgehead atoms. The highest BCUT2D eigenvalue weighted by Crippen LogP contribution is 2.25. The Labute approximate surface area is 120 Å². The molecule has 0 radical (unpaired) electrons. The molecule has 0 saturated heterocycles. The number of aromatic nitrogens is 3. The Bertz CT molecular complexity index is 601. The van der Waals surface area contributed by atoms with E-state index in [2.05, 4.69) is 15.5 Å². The first-order chi connectivity index (χ1) is 9.61. The highest BCUT2D eigenvalue weighted by Gasteiger charge is 2.18. The number of rotatable bonds is 5. The van der Waals surface area contributed by atoms with Crippen LogP contribution in [-0.4, -0.2) is 33.1 Å². The van der Waals surface area contributed by atoms with Crippen LogP contribution in [0, 0.1) is 0 Å². The minimum atomic E-state index is -0.369. The van der Waals surface area contributed by atoms with Crippen LogP contribution in [-0.2, 0) is 4.79 Å². The quantitative estimate of drug-likeness (QED) is 0.633. The van der Waals surface area contributed by atoms with Crippen molar-refractivity contribution in [3.63, 3.8) is 0 Å². The summed E-state index contributed by atoms with van der Waals surface area (Å²) in [6.07, 6.45) is 1.38. The van der Waals surface area contributed by atoms with E-state index in [0.29, 0.717) is 16.6 Å². The van der Waals surface area contributed by atoms with Crippen LogP contribution in [0.2, 0.25) is 0 Å². The van der Waals surface area contributed by atoms with Gasteiger partial charge in [-0.1, -0.05) is 23.9 Å². The molecule has 7 nitrogen and oxygen atoms in total. The second-order valence-corrected chi connectivity index (χ2v) is 5.28. The number of nitrogen functional groups attached to an aromatic ring is 1. The third kappa shape index (κ3) is 3.21. The Morgan fingerprint density at radius 3 is 2.90 bits per heavy atom. The van der Waals surface area contributed by atoms with Crippen molar-refractivity contribution in [2.75, 3.05) is 18.3 Å². The number of nitrogens with one attached hydrogen (secondary N) is 1. The van der Waals surface area contributed by atoms with E-state index < -0.39 is 0 Å². The van der Waals surface area contributed by atoms with Gasteiger partial charge in [0, 0.05) is 0 Å². The molecule has 20 heavy (non-hydrogen) atoms. The zero-order valence-electron chi connectivity index (χ0n) is 11.1. The van der Waals surface area contributed by atoms with Crippen molar-refractivity contribution in [1.82, 2.24) is 14.9 Å². The van der Waals surface area contributed by atoms with Gasteiger partial charge in [0.2, 0.25) is 11.1 Å². The number of hydrogen-bond acceptors (Lipinski definition) is 6. The maximum absolute atomic E-state index is 12.1. The molecule has 1 amide bonds. The zero-order chi connectivity index (χ0) is 14.5. The minimum absolute atomic E-state index is 0.164. The fourth-order valence-electron chi connectivity index (χ4n) is 1.51. The molecule has 8 heteroatoms. The van der Waals surface area contributed by atoms with Crippen molar-refractivity contribution < 1.29 is 9.53 Å². The fourth-order valence-corrected chi connectivity index (χ4v) is 2.26. The summed E-state index contributed by atoms with van der Waals surface area (Å²) in [6.45, 7) is 1.77. The normalized spacial score (nSPS) is 11.9. The molecular weight excluding hydrogens is 278 g/mol. The first kappa shape index (κ1) is 14.2. The standard InChI is InChI=1S/C12H15N5O2S/c1-8(20-12-16-14-7-17(12)13)11(18)15-9-5-3-4-6-10(9)19-2/h3-8H,13H2,1-2H3,(H,15,18). The molecule has 3 N–H and O–H groups in total. The molecule has 0 saturated carbocycles. The van der Waals surface area contributed by atoms with Gasteiger partial charge in [0.25, 0.3) is 0 Å². The molecule has 2 aromatic rings. The lowest BCUT2D eigenvalue weighted by atomic mass is 10.3. The molecule has 0 aliphatic carbocycles. The van der Waals surface area contributed by atoms with Gasteiger partial charge in [0.05, 0.1) is 18.0 Å². The zero-order valence-corrected chi connectivity index (χ0v) is 11.9. The molecule has 1 aromatic carbocycles. The lowest BCUT2D eigenvalue weighted by Crippen LogP contribution is -2.23. The highest BCUT2D eigenvalue weighted by atomic mass is 32.2. The highest BCUT2D eigenvalue weighted by molar-refractivity contribution is 8.00. The second-order valence-electron chi connectivity index (χ2n) is 3.97. The summed E-state index contributed by atoms with van der Waals surface area (Å²) in [4.78, 5) is 12.1. The number of methoxy groups -OCH3 is 1. The molecule has 1 aromatic heterocycles. The molecule has 0 fully saturated rings. The van der Waals surface area contributed by atoms with Crippen molar-refractivity contribution in [3.8, 4) is 5.75 Å². The monoisotopic (exact) mass is 293 g/mol. The minimum Gasteiger partial charge on any atom is -0.495 e. The topological polar surface area (TPSA) is 95.1 Å². The van der Waals surface area contributed by atoms with Gasteiger partial charge >= 0.3 is 0 Å². The van der Waals surface area contributed by atoms with Crippen LogP contribution in [0.15, 0.2) is 35.7 Å². The molecule has 1 atom stereocenters. The number of hydrogen-bond donors (Lipinski definition) is 2. The van der Waals surface area contributed by atoms with Gasteiger partial charge in [-0.05, 0) is 19.1 Å². The van der Waals surface area contributed by atoms with E-state index in [0.717, 1.165) is 0 Å². The van der Waals surface area contributed by atoms with Crippen LogP contribution < -0.4 is 15.9 Å². The van der Waals surface area contributed by atoms with Gasteiger partial charge in [-0.25, -0.2) is 4.68 Å². The van der Waals surface area contributed by atoms with E-state index in [1.807, 2.05) is 12.1 Å². The molecule has 106 valence electrons. The lowest BCUT2D eigenvalue weighted by molar-refractivity contribution is -0.115. The Kier molecular flexibility index (Phi) is 4.46. The van der Waals surface area contributed by atoms with Gasteiger partial charge < -0.3 is 15.9 Å². The van der Waals surface area contributed by atoms with Crippen LogP contribution in [0.4, 0.5) is 5.69 Å². The van der Waals surface area contributed by atoms with Gasteiger partial charge in [0.1, 0.15) is 12.1 Å².